The Kier molecular flexibility index (Phi) is 1.96. The summed E-state index contributed by atoms with van der Waals surface area (Å²) in [6, 6.07) is 4.13. The van der Waals surface area contributed by atoms with Crippen molar-refractivity contribution in [1.29, 1.82) is 5.53 Å². The highest BCUT2D eigenvalue weighted by Gasteiger charge is 1.99. The topological polar surface area (TPSA) is 73.5 Å². The lowest BCUT2D eigenvalue weighted by Crippen LogP contribution is -1.78. The fourth-order valence-electron chi connectivity index (χ4n) is 0.706. The molecular formula is C7H6N2O2. The molecule has 1 rings (SSSR count). The number of nitrogens with zero attached hydrogens (tertiary/aromatic N) is 1. The Labute approximate surface area is 63.0 Å². The fourth-order valence-corrected chi connectivity index (χ4v) is 0.706. The van der Waals surface area contributed by atoms with Gasteiger partial charge < -0.3 is 5.11 Å². The number of hydrogen-bond acceptors (Lipinski definition) is 4. The molecule has 0 amide bonds. The molecule has 0 aliphatic rings. The van der Waals surface area contributed by atoms with Gasteiger partial charge in [-0.25, -0.2) is 5.53 Å². The van der Waals surface area contributed by atoms with Gasteiger partial charge in [0.2, 0.25) is 0 Å². The molecule has 4 nitrogen and oxygen atoms in total. The number of carbonyl (C=O) groups is 1. The van der Waals surface area contributed by atoms with Crippen LogP contribution >= 0.6 is 0 Å². The molecule has 0 heterocycles. The molecule has 0 unspecified atom stereocenters. The number of benzene rings is 1. The number of aldehydes is 1. The Morgan fingerprint density at radius 2 is 2.27 bits per heavy atom. The van der Waals surface area contributed by atoms with Crippen molar-refractivity contribution >= 4 is 12.0 Å². The molecule has 0 bridgehead atoms. The van der Waals surface area contributed by atoms with Gasteiger partial charge in [-0.2, -0.15) is 5.11 Å². The molecule has 56 valence electrons. The zero-order chi connectivity index (χ0) is 8.27. The van der Waals surface area contributed by atoms with Crippen LogP contribution in [0.1, 0.15) is 10.4 Å². The molecule has 0 fully saturated rings. The third kappa shape index (κ3) is 1.40. The number of phenolic OH excluding ortho intramolecular Hbond substituents is 1. The van der Waals surface area contributed by atoms with Crippen LogP contribution in [0.15, 0.2) is 23.3 Å². The highest BCUT2D eigenvalue weighted by molar-refractivity contribution is 5.80. The number of aromatic hydroxyl groups is 1. The zero-order valence-electron chi connectivity index (χ0n) is 5.61. The third-order valence-corrected chi connectivity index (χ3v) is 1.27. The highest BCUT2D eigenvalue weighted by Crippen LogP contribution is 2.20. The van der Waals surface area contributed by atoms with Crippen LogP contribution in [0, 0.1) is 5.53 Å². The lowest BCUT2D eigenvalue weighted by molar-refractivity contribution is 0.112. The lowest BCUT2D eigenvalue weighted by Gasteiger charge is -1.95. The van der Waals surface area contributed by atoms with E-state index < -0.39 is 0 Å². The summed E-state index contributed by atoms with van der Waals surface area (Å²) < 4.78 is 0. The number of nitrogens with one attached hydrogen (secondary N) is 1. The Bertz CT molecular complexity index is 296. The summed E-state index contributed by atoms with van der Waals surface area (Å²) in [5.74, 6) is -0.0904. The van der Waals surface area contributed by atoms with E-state index in [4.69, 9.17) is 10.6 Å². The van der Waals surface area contributed by atoms with Crippen molar-refractivity contribution in [1.82, 2.24) is 0 Å². The normalized spacial score (nSPS) is 9.09. The van der Waals surface area contributed by atoms with E-state index in [-0.39, 0.29) is 11.3 Å². The maximum absolute atomic E-state index is 10.2. The van der Waals surface area contributed by atoms with Crippen LogP contribution in [0.5, 0.6) is 5.75 Å². The van der Waals surface area contributed by atoms with Gasteiger partial charge in [-0.3, -0.25) is 4.79 Å². The van der Waals surface area contributed by atoms with Gasteiger partial charge in [0.05, 0.1) is 11.3 Å². The molecule has 0 saturated carbocycles. The van der Waals surface area contributed by atoms with Crippen molar-refractivity contribution in [2.45, 2.75) is 0 Å². The van der Waals surface area contributed by atoms with Crippen LogP contribution in [0.2, 0.25) is 0 Å². The summed E-state index contributed by atoms with van der Waals surface area (Å²) in [6.07, 6.45) is 0.518. The molecule has 0 aromatic heterocycles. The standard InChI is InChI=1S/C7H6N2O2/c8-9-6-1-2-7(11)5(3-6)4-10/h1-4,8,11H. The smallest absolute Gasteiger partial charge is 0.153 e. The quantitative estimate of drug-likeness (QED) is 0.498. The van der Waals surface area contributed by atoms with Crippen LogP contribution in [0.3, 0.4) is 0 Å². The first-order valence-corrected chi connectivity index (χ1v) is 2.93. The summed E-state index contributed by atoms with van der Waals surface area (Å²) in [7, 11) is 0. The van der Waals surface area contributed by atoms with Crippen molar-refractivity contribution in [2.24, 2.45) is 5.11 Å². The SMILES string of the molecule is N=Nc1ccc(O)c(C=O)c1. The van der Waals surface area contributed by atoms with E-state index >= 15 is 0 Å². The summed E-state index contributed by atoms with van der Waals surface area (Å²) in [4.78, 5) is 10.2. The largest absolute Gasteiger partial charge is 0.507 e. The molecule has 0 saturated heterocycles. The van der Waals surface area contributed by atoms with E-state index in [0.29, 0.717) is 12.0 Å². The third-order valence-electron chi connectivity index (χ3n) is 1.27. The second kappa shape index (κ2) is 2.92. The number of phenols is 1. The van der Waals surface area contributed by atoms with E-state index in [1.165, 1.54) is 18.2 Å². The zero-order valence-corrected chi connectivity index (χ0v) is 5.61. The van der Waals surface area contributed by atoms with E-state index in [1.54, 1.807) is 0 Å². The lowest BCUT2D eigenvalue weighted by atomic mass is 10.2. The summed E-state index contributed by atoms with van der Waals surface area (Å²) in [5.41, 5.74) is 7.12. The van der Waals surface area contributed by atoms with Crippen LogP contribution in [0.4, 0.5) is 5.69 Å². The first kappa shape index (κ1) is 7.40. The maximum atomic E-state index is 10.2. The average molecular weight is 150 g/mol. The first-order valence-electron chi connectivity index (χ1n) is 2.93. The van der Waals surface area contributed by atoms with Crippen molar-refractivity contribution < 1.29 is 9.90 Å². The Hall–Kier alpha value is -1.71. The number of carbonyl (C=O) groups excluding carboxylic acids is 1. The van der Waals surface area contributed by atoms with Gasteiger partial charge in [-0.05, 0) is 18.2 Å². The van der Waals surface area contributed by atoms with Crippen LogP contribution in [-0.2, 0) is 0 Å². The van der Waals surface area contributed by atoms with Gasteiger partial charge in [0.15, 0.2) is 6.29 Å². The van der Waals surface area contributed by atoms with Gasteiger partial charge in [0.25, 0.3) is 0 Å². The molecule has 0 spiro atoms. The minimum atomic E-state index is -0.0904. The molecule has 1 aromatic carbocycles. The van der Waals surface area contributed by atoms with E-state index in [1.807, 2.05) is 0 Å². The van der Waals surface area contributed by atoms with Crippen molar-refractivity contribution in [3.8, 4) is 5.75 Å². The molecule has 0 atom stereocenters. The predicted molar refractivity (Wildman–Crippen MR) is 38.3 cm³/mol. The molecule has 1 aromatic rings. The van der Waals surface area contributed by atoms with Crippen LogP contribution in [-0.4, -0.2) is 11.4 Å². The minimum Gasteiger partial charge on any atom is -0.507 e. The first-order chi connectivity index (χ1) is 5.27. The molecular weight excluding hydrogens is 144 g/mol. The summed E-state index contributed by atoms with van der Waals surface area (Å²) in [6.45, 7) is 0. The number of rotatable bonds is 2. The summed E-state index contributed by atoms with van der Waals surface area (Å²) >= 11 is 0. The Morgan fingerprint density at radius 3 is 2.82 bits per heavy atom. The average Bonchev–Trinajstić information content (AvgIpc) is 2.05. The monoisotopic (exact) mass is 150 g/mol. The second-order valence-electron chi connectivity index (χ2n) is 1.97. The summed E-state index contributed by atoms with van der Waals surface area (Å²) in [5, 5.41) is 12.1. The Balaban J connectivity index is 3.22. The van der Waals surface area contributed by atoms with E-state index in [9.17, 15) is 4.79 Å². The van der Waals surface area contributed by atoms with Gasteiger partial charge in [-0.1, -0.05) is 0 Å². The maximum Gasteiger partial charge on any atom is 0.153 e. The van der Waals surface area contributed by atoms with E-state index in [0.717, 1.165) is 0 Å². The molecule has 0 aliphatic heterocycles. The number of hydrogen-bond donors (Lipinski definition) is 2. The molecule has 11 heavy (non-hydrogen) atoms. The van der Waals surface area contributed by atoms with Gasteiger partial charge in [0.1, 0.15) is 5.75 Å². The van der Waals surface area contributed by atoms with Crippen molar-refractivity contribution in [2.75, 3.05) is 0 Å². The van der Waals surface area contributed by atoms with Crippen molar-refractivity contribution in [3.63, 3.8) is 0 Å². The second-order valence-corrected chi connectivity index (χ2v) is 1.97. The van der Waals surface area contributed by atoms with Crippen LogP contribution < -0.4 is 0 Å². The Morgan fingerprint density at radius 1 is 1.55 bits per heavy atom. The van der Waals surface area contributed by atoms with Crippen LogP contribution in [0.25, 0.3) is 0 Å². The molecule has 0 aliphatic carbocycles. The van der Waals surface area contributed by atoms with Gasteiger partial charge in [-0.15, -0.1) is 0 Å². The molecule has 4 heteroatoms. The van der Waals surface area contributed by atoms with Gasteiger partial charge >= 0.3 is 0 Å². The van der Waals surface area contributed by atoms with Gasteiger partial charge in [0, 0.05) is 0 Å². The minimum absolute atomic E-state index is 0.0904. The molecule has 2 N–H and O–H groups in total. The predicted octanol–water partition coefficient (Wildman–Crippen LogP) is 1.87. The van der Waals surface area contributed by atoms with Crippen molar-refractivity contribution in [3.05, 3.63) is 23.8 Å². The highest BCUT2D eigenvalue weighted by atomic mass is 16.3. The molecule has 0 radical (unpaired) electrons. The van der Waals surface area contributed by atoms with E-state index in [2.05, 4.69) is 5.11 Å². The fraction of sp³-hybridized carbons (Fsp3) is 0.